The van der Waals surface area contributed by atoms with Crippen LogP contribution in [-0.4, -0.2) is 23.1 Å². The molecule has 1 aromatic rings. The summed E-state index contributed by atoms with van der Waals surface area (Å²) >= 11 is 0. The summed E-state index contributed by atoms with van der Waals surface area (Å²) in [5.41, 5.74) is 2.91. The van der Waals surface area contributed by atoms with Crippen molar-refractivity contribution in [1.29, 1.82) is 0 Å². The maximum atomic E-state index is 12.5. The van der Waals surface area contributed by atoms with E-state index in [0.717, 1.165) is 49.1 Å². The molecule has 2 aliphatic carbocycles. The number of likely N-dealkylation sites (tertiary alicyclic amines) is 1. The van der Waals surface area contributed by atoms with E-state index in [1.54, 1.807) is 6.08 Å². The molecule has 2 atom stereocenters. The highest BCUT2D eigenvalue weighted by Crippen LogP contribution is 2.66. The van der Waals surface area contributed by atoms with Crippen LogP contribution in [0.4, 0.5) is 0 Å². The summed E-state index contributed by atoms with van der Waals surface area (Å²) in [6, 6.07) is 7.92. The second-order valence-corrected chi connectivity index (χ2v) is 6.77. The van der Waals surface area contributed by atoms with Gasteiger partial charge in [0, 0.05) is 35.7 Å². The number of hydrogen-bond acceptors (Lipinski definition) is 2. The maximum absolute atomic E-state index is 12.5. The van der Waals surface area contributed by atoms with E-state index in [9.17, 15) is 9.59 Å². The van der Waals surface area contributed by atoms with Gasteiger partial charge in [-0.25, -0.2) is 0 Å². The molecular weight excluding hydrogens is 274 g/mol. The van der Waals surface area contributed by atoms with Crippen LogP contribution in [0.2, 0.25) is 0 Å². The highest BCUT2D eigenvalue weighted by Gasteiger charge is 2.66. The minimum absolute atomic E-state index is 0.0368. The second kappa shape index (κ2) is 4.80. The fourth-order valence-electron chi connectivity index (χ4n) is 4.28. The molecule has 0 aromatic heterocycles. The number of piperidine rings is 1. The standard InChI is InChI=1S/C19H21NO2/c1-2-3-4-9-18(22)20-12-13-11-19(13)15-8-6-5-7-14(15)16(21)10-17(19)20/h5-8,10,13H,2-4,9,11-12H2,1H3. The molecule has 3 aliphatic rings. The van der Waals surface area contributed by atoms with Gasteiger partial charge in [-0.1, -0.05) is 44.0 Å². The van der Waals surface area contributed by atoms with E-state index in [-0.39, 0.29) is 17.1 Å². The molecule has 3 heteroatoms. The summed E-state index contributed by atoms with van der Waals surface area (Å²) in [6.07, 6.45) is 6.57. The molecule has 114 valence electrons. The Morgan fingerprint density at radius 2 is 2.14 bits per heavy atom. The fraction of sp³-hybridized carbons (Fsp3) is 0.474. The number of hydrogen-bond donors (Lipinski definition) is 0. The Morgan fingerprint density at radius 3 is 2.95 bits per heavy atom. The molecule has 2 fully saturated rings. The first-order valence-corrected chi connectivity index (χ1v) is 8.35. The number of carbonyl (C=O) groups is 2. The number of unbranched alkanes of at least 4 members (excludes halogenated alkanes) is 2. The topological polar surface area (TPSA) is 37.4 Å². The van der Waals surface area contributed by atoms with Crippen LogP contribution in [0.5, 0.6) is 0 Å². The zero-order valence-corrected chi connectivity index (χ0v) is 13.0. The number of amides is 1. The number of carbonyl (C=O) groups excluding carboxylic acids is 2. The van der Waals surface area contributed by atoms with E-state index in [2.05, 4.69) is 13.0 Å². The molecule has 1 amide bonds. The lowest BCUT2D eigenvalue weighted by molar-refractivity contribution is -0.129. The predicted molar refractivity (Wildman–Crippen MR) is 84.5 cm³/mol. The third-order valence-corrected chi connectivity index (χ3v) is 5.49. The van der Waals surface area contributed by atoms with Crippen LogP contribution >= 0.6 is 0 Å². The van der Waals surface area contributed by atoms with Crippen LogP contribution in [0.3, 0.4) is 0 Å². The van der Waals surface area contributed by atoms with E-state index >= 15 is 0 Å². The second-order valence-electron chi connectivity index (χ2n) is 6.77. The van der Waals surface area contributed by atoms with Crippen LogP contribution in [0.15, 0.2) is 36.0 Å². The van der Waals surface area contributed by atoms with Gasteiger partial charge in [0.2, 0.25) is 5.91 Å². The van der Waals surface area contributed by atoms with Gasteiger partial charge >= 0.3 is 0 Å². The summed E-state index contributed by atoms with van der Waals surface area (Å²) in [7, 11) is 0. The average Bonchev–Trinajstić information content (AvgIpc) is 3.16. The molecular formula is C19H21NO2. The van der Waals surface area contributed by atoms with E-state index in [4.69, 9.17) is 0 Å². The largest absolute Gasteiger partial charge is 0.315 e. The average molecular weight is 295 g/mol. The van der Waals surface area contributed by atoms with Crippen LogP contribution in [0.1, 0.15) is 54.9 Å². The van der Waals surface area contributed by atoms with Crippen molar-refractivity contribution < 1.29 is 9.59 Å². The lowest BCUT2D eigenvalue weighted by Gasteiger charge is -2.29. The Kier molecular flexibility index (Phi) is 3.00. The van der Waals surface area contributed by atoms with Gasteiger partial charge in [-0.3, -0.25) is 9.59 Å². The van der Waals surface area contributed by atoms with Gasteiger partial charge in [0.25, 0.3) is 0 Å². The molecule has 0 radical (unpaired) electrons. The Morgan fingerprint density at radius 1 is 1.32 bits per heavy atom. The van der Waals surface area contributed by atoms with Gasteiger partial charge in [-0.15, -0.1) is 0 Å². The van der Waals surface area contributed by atoms with Gasteiger partial charge in [0.05, 0.1) is 0 Å². The van der Waals surface area contributed by atoms with Crippen molar-refractivity contribution in [3.05, 3.63) is 47.2 Å². The maximum Gasteiger partial charge on any atom is 0.226 e. The summed E-state index contributed by atoms with van der Waals surface area (Å²) in [6.45, 7) is 2.93. The van der Waals surface area contributed by atoms with E-state index in [0.29, 0.717) is 12.3 Å². The number of ketones is 1. The number of nitrogens with zero attached hydrogens (tertiary/aromatic N) is 1. The monoisotopic (exact) mass is 295 g/mol. The molecule has 0 N–H and O–H groups in total. The third kappa shape index (κ3) is 1.74. The molecule has 1 spiro atoms. The van der Waals surface area contributed by atoms with Crippen molar-refractivity contribution in [2.75, 3.05) is 6.54 Å². The van der Waals surface area contributed by atoms with Crippen LogP contribution < -0.4 is 0 Å². The van der Waals surface area contributed by atoms with Crippen molar-refractivity contribution in [2.45, 2.75) is 44.4 Å². The Balaban J connectivity index is 1.65. The van der Waals surface area contributed by atoms with Crippen molar-refractivity contribution in [3.8, 4) is 0 Å². The van der Waals surface area contributed by atoms with Crippen molar-refractivity contribution in [1.82, 2.24) is 4.90 Å². The first-order chi connectivity index (χ1) is 10.7. The molecule has 2 unspecified atom stereocenters. The van der Waals surface area contributed by atoms with Crippen LogP contribution in [-0.2, 0) is 10.2 Å². The van der Waals surface area contributed by atoms with Crippen LogP contribution in [0, 0.1) is 5.92 Å². The SMILES string of the molecule is CCCCCC(=O)N1CC2CC23C1=CC(=O)c1ccccc13. The van der Waals surface area contributed by atoms with Crippen LogP contribution in [0.25, 0.3) is 0 Å². The number of allylic oxidation sites excluding steroid dienone is 2. The van der Waals surface area contributed by atoms with Gasteiger partial charge in [0.15, 0.2) is 5.78 Å². The molecule has 3 nitrogen and oxygen atoms in total. The summed E-state index contributed by atoms with van der Waals surface area (Å²) in [4.78, 5) is 26.8. The molecule has 1 aliphatic heterocycles. The summed E-state index contributed by atoms with van der Waals surface area (Å²) in [5, 5.41) is 0. The zero-order chi connectivity index (χ0) is 15.3. The number of rotatable bonds is 4. The quantitative estimate of drug-likeness (QED) is 0.798. The third-order valence-electron chi connectivity index (χ3n) is 5.49. The first kappa shape index (κ1) is 13.7. The predicted octanol–water partition coefficient (Wildman–Crippen LogP) is 3.45. The van der Waals surface area contributed by atoms with Gasteiger partial charge in [0.1, 0.15) is 0 Å². The Labute approximate surface area is 131 Å². The van der Waals surface area contributed by atoms with Gasteiger partial charge < -0.3 is 4.90 Å². The smallest absolute Gasteiger partial charge is 0.226 e. The molecule has 4 rings (SSSR count). The van der Waals surface area contributed by atoms with Gasteiger partial charge in [-0.05, 0) is 24.3 Å². The number of fused-ring (bicyclic) bond motifs is 1. The Hall–Kier alpha value is -1.90. The molecule has 1 saturated heterocycles. The van der Waals surface area contributed by atoms with Gasteiger partial charge in [-0.2, -0.15) is 0 Å². The molecule has 1 aromatic carbocycles. The number of benzene rings is 1. The van der Waals surface area contributed by atoms with Crippen molar-refractivity contribution in [2.24, 2.45) is 5.92 Å². The highest BCUT2D eigenvalue weighted by molar-refractivity contribution is 6.09. The van der Waals surface area contributed by atoms with Crippen molar-refractivity contribution in [3.63, 3.8) is 0 Å². The summed E-state index contributed by atoms with van der Waals surface area (Å²) < 4.78 is 0. The fourth-order valence-corrected chi connectivity index (χ4v) is 4.28. The van der Waals surface area contributed by atoms with E-state index in [1.165, 1.54) is 0 Å². The summed E-state index contributed by atoms with van der Waals surface area (Å²) in [5.74, 6) is 0.747. The normalized spacial score (nSPS) is 27.9. The van der Waals surface area contributed by atoms with E-state index < -0.39 is 0 Å². The first-order valence-electron chi connectivity index (χ1n) is 8.35. The minimum atomic E-state index is -0.0368. The molecule has 22 heavy (non-hydrogen) atoms. The molecule has 0 bridgehead atoms. The van der Waals surface area contributed by atoms with Crippen molar-refractivity contribution >= 4 is 11.7 Å². The lowest BCUT2D eigenvalue weighted by Crippen LogP contribution is -2.33. The zero-order valence-electron chi connectivity index (χ0n) is 13.0. The van der Waals surface area contributed by atoms with E-state index in [1.807, 2.05) is 23.1 Å². The lowest BCUT2D eigenvalue weighted by atomic mass is 9.81. The Bertz CT molecular complexity index is 690. The highest BCUT2D eigenvalue weighted by atomic mass is 16.2. The minimum Gasteiger partial charge on any atom is -0.315 e. The molecule has 1 heterocycles. The molecule has 1 saturated carbocycles.